The number of thioether (sulfide) groups is 1. The number of carbonyl (C=O) groups excluding carboxylic acids is 1. The highest BCUT2D eigenvalue weighted by atomic mass is 32.2. The third kappa shape index (κ3) is 3.46. The fraction of sp³-hybridized carbons (Fsp3) is 0.125. The molecule has 2 nitrogen and oxygen atoms in total. The molecule has 0 radical (unpaired) electrons. The number of Topliss-reactive ketones (excluding diaryl/α,β-unsaturated/α-hetero) is 1. The van der Waals surface area contributed by atoms with E-state index < -0.39 is 0 Å². The van der Waals surface area contributed by atoms with Gasteiger partial charge in [0.15, 0.2) is 5.78 Å². The lowest BCUT2D eigenvalue weighted by molar-refractivity contribution is 0.101. The zero-order valence-corrected chi connectivity index (χ0v) is 11.7. The van der Waals surface area contributed by atoms with Crippen LogP contribution >= 0.6 is 11.8 Å². The molecule has 4 heteroatoms. The molecule has 0 heterocycles. The van der Waals surface area contributed by atoms with Crippen molar-refractivity contribution in [1.82, 2.24) is 0 Å². The van der Waals surface area contributed by atoms with Crippen LogP contribution in [0.1, 0.15) is 28.4 Å². The van der Waals surface area contributed by atoms with Crippen molar-refractivity contribution in [2.45, 2.75) is 17.6 Å². The summed E-state index contributed by atoms with van der Waals surface area (Å²) in [5.41, 5.74) is 1.57. The number of benzene rings is 2. The summed E-state index contributed by atoms with van der Waals surface area (Å²) in [6.07, 6.45) is 0. The minimum atomic E-state index is -0.320. The van der Waals surface area contributed by atoms with Crippen LogP contribution in [0.2, 0.25) is 0 Å². The molecule has 2 aromatic carbocycles. The molecular formula is C16H12FNOS. The molecule has 0 saturated carbocycles. The summed E-state index contributed by atoms with van der Waals surface area (Å²) in [7, 11) is 0. The molecule has 0 aliphatic rings. The first-order valence-electron chi connectivity index (χ1n) is 6.02. The van der Waals surface area contributed by atoms with Crippen LogP contribution in [0.5, 0.6) is 0 Å². The molecule has 0 amide bonds. The first kappa shape index (κ1) is 14.3. The van der Waals surface area contributed by atoms with Crippen molar-refractivity contribution in [3.05, 3.63) is 65.0 Å². The maximum absolute atomic E-state index is 13.6. The maximum Gasteiger partial charge on any atom is 0.159 e. The number of ketones is 1. The lowest BCUT2D eigenvalue weighted by Gasteiger charge is -2.05. The largest absolute Gasteiger partial charge is 0.295 e. The van der Waals surface area contributed by atoms with Crippen molar-refractivity contribution < 1.29 is 9.18 Å². The minimum Gasteiger partial charge on any atom is -0.295 e. The Morgan fingerprint density at radius 3 is 2.80 bits per heavy atom. The summed E-state index contributed by atoms with van der Waals surface area (Å²) in [6, 6.07) is 13.5. The van der Waals surface area contributed by atoms with Gasteiger partial charge in [-0.2, -0.15) is 5.26 Å². The van der Waals surface area contributed by atoms with Gasteiger partial charge < -0.3 is 0 Å². The molecule has 20 heavy (non-hydrogen) atoms. The summed E-state index contributed by atoms with van der Waals surface area (Å²) < 4.78 is 13.6. The van der Waals surface area contributed by atoms with Crippen LogP contribution in [0.4, 0.5) is 4.39 Å². The number of nitrogens with zero attached hydrogens (tertiary/aromatic N) is 1. The van der Waals surface area contributed by atoms with Crippen molar-refractivity contribution in [2.24, 2.45) is 0 Å². The van der Waals surface area contributed by atoms with Crippen molar-refractivity contribution >= 4 is 17.5 Å². The number of nitriles is 1. The Labute approximate surface area is 121 Å². The van der Waals surface area contributed by atoms with Gasteiger partial charge in [0, 0.05) is 16.2 Å². The van der Waals surface area contributed by atoms with Gasteiger partial charge in [-0.25, -0.2) is 4.39 Å². The molecule has 0 aliphatic heterocycles. The molecule has 0 N–H and O–H groups in total. The summed E-state index contributed by atoms with van der Waals surface area (Å²) in [6.45, 7) is 1.51. The Morgan fingerprint density at radius 1 is 1.30 bits per heavy atom. The SMILES string of the molecule is CC(=O)c1cccc(SCc2cc(C#N)ccc2F)c1. The topological polar surface area (TPSA) is 40.9 Å². The van der Waals surface area contributed by atoms with Gasteiger partial charge in [-0.05, 0) is 42.8 Å². The number of hydrogen-bond donors (Lipinski definition) is 0. The van der Waals surface area contributed by atoms with E-state index in [0.29, 0.717) is 22.4 Å². The molecule has 2 rings (SSSR count). The van der Waals surface area contributed by atoms with Crippen LogP contribution in [0.15, 0.2) is 47.4 Å². The van der Waals surface area contributed by atoms with Crippen molar-refractivity contribution in [3.8, 4) is 6.07 Å². The molecular weight excluding hydrogens is 273 g/mol. The summed E-state index contributed by atoms with van der Waals surface area (Å²) >= 11 is 1.44. The lowest BCUT2D eigenvalue weighted by atomic mass is 10.1. The maximum atomic E-state index is 13.6. The quantitative estimate of drug-likeness (QED) is 0.624. The second-order valence-electron chi connectivity index (χ2n) is 4.29. The molecule has 0 bridgehead atoms. The fourth-order valence-corrected chi connectivity index (χ4v) is 2.65. The van der Waals surface area contributed by atoms with Gasteiger partial charge in [0.1, 0.15) is 5.82 Å². The molecule has 0 unspecified atom stereocenters. The summed E-state index contributed by atoms with van der Waals surface area (Å²) in [4.78, 5) is 12.2. The van der Waals surface area contributed by atoms with E-state index in [4.69, 9.17) is 5.26 Å². The molecule has 0 saturated heterocycles. The van der Waals surface area contributed by atoms with E-state index in [1.165, 1.54) is 30.8 Å². The normalized spacial score (nSPS) is 10.1. The van der Waals surface area contributed by atoms with Crippen LogP contribution in [-0.2, 0) is 5.75 Å². The van der Waals surface area contributed by atoms with E-state index in [1.54, 1.807) is 24.3 Å². The monoisotopic (exact) mass is 285 g/mol. The van der Waals surface area contributed by atoms with Crippen molar-refractivity contribution in [3.63, 3.8) is 0 Å². The van der Waals surface area contributed by atoms with Crippen molar-refractivity contribution in [1.29, 1.82) is 5.26 Å². The number of carbonyl (C=O) groups is 1. The molecule has 0 aromatic heterocycles. The number of hydrogen-bond acceptors (Lipinski definition) is 3. The van der Waals surface area contributed by atoms with Gasteiger partial charge in [-0.15, -0.1) is 11.8 Å². The number of halogens is 1. The van der Waals surface area contributed by atoms with Crippen LogP contribution in [0, 0.1) is 17.1 Å². The van der Waals surface area contributed by atoms with E-state index >= 15 is 0 Å². The average Bonchev–Trinajstić information content (AvgIpc) is 2.46. The van der Waals surface area contributed by atoms with Gasteiger partial charge in [0.25, 0.3) is 0 Å². The average molecular weight is 285 g/mol. The first-order chi connectivity index (χ1) is 9.60. The number of rotatable bonds is 4. The van der Waals surface area contributed by atoms with E-state index in [1.807, 2.05) is 12.1 Å². The molecule has 0 fully saturated rings. The van der Waals surface area contributed by atoms with Crippen LogP contribution < -0.4 is 0 Å². The first-order valence-corrected chi connectivity index (χ1v) is 7.01. The second-order valence-corrected chi connectivity index (χ2v) is 5.34. The predicted molar refractivity (Wildman–Crippen MR) is 77.1 cm³/mol. The van der Waals surface area contributed by atoms with Crippen molar-refractivity contribution in [2.75, 3.05) is 0 Å². The molecule has 0 aliphatic carbocycles. The van der Waals surface area contributed by atoms with Gasteiger partial charge in [0.05, 0.1) is 11.6 Å². The molecule has 0 spiro atoms. The Morgan fingerprint density at radius 2 is 2.10 bits per heavy atom. The van der Waals surface area contributed by atoms with Gasteiger partial charge in [0.2, 0.25) is 0 Å². The predicted octanol–water partition coefficient (Wildman–Crippen LogP) is 4.19. The standard InChI is InChI=1S/C16H12FNOS/c1-11(19)13-3-2-4-15(8-13)20-10-14-7-12(9-18)5-6-16(14)17/h2-8H,10H2,1H3. The fourth-order valence-electron chi connectivity index (χ4n) is 1.72. The molecule has 100 valence electrons. The smallest absolute Gasteiger partial charge is 0.159 e. The van der Waals surface area contributed by atoms with E-state index in [0.717, 1.165) is 4.90 Å². The second kappa shape index (κ2) is 6.36. The molecule has 2 aromatic rings. The third-order valence-electron chi connectivity index (χ3n) is 2.81. The van der Waals surface area contributed by atoms with Gasteiger partial charge >= 0.3 is 0 Å². The van der Waals surface area contributed by atoms with Crippen LogP contribution in [0.3, 0.4) is 0 Å². The Hall–Kier alpha value is -2.12. The minimum absolute atomic E-state index is 0.00473. The zero-order valence-electron chi connectivity index (χ0n) is 10.9. The van der Waals surface area contributed by atoms with Crippen LogP contribution in [0.25, 0.3) is 0 Å². The highest BCUT2D eigenvalue weighted by Crippen LogP contribution is 2.25. The molecule has 0 atom stereocenters. The highest BCUT2D eigenvalue weighted by molar-refractivity contribution is 7.98. The highest BCUT2D eigenvalue weighted by Gasteiger charge is 2.06. The third-order valence-corrected chi connectivity index (χ3v) is 3.85. The van der Waals surface area contributed by atoms with E-state index in [2.05, 4.69) is 0 Å². The zero-order chi connectivity index (χ0) is 14.5. The van der Waals surface area contributed by atoms with E-state index in [-0.39, 0.29) is 11.6 Å². The summed E-state index contributed by atoms with van der Waals surface area (Å²) in [5.74, 6) is 0.104. The lowest BCUT2D eigenvalue weighted by Crippen LogP contribution is -1.92. The van der Waals surface area contributed by atoms with Gasteiger partial charge in [-0.3, -0.25) is 4.79 Å². The van der Waals surface area contributed by atoms with E-state index in [9.17, 15) is 9.18 Å². The Kier molecular flexibility index (Phi) is 4.54. The van der Waals surface area contributed by atoms with Crippen LogP contribution in [-0.4, -0.2) is 5.78 Å². The Bertz CT molecular complexity index is 691. The van der Waals surface area contributed by atoms with Gasteiger partial charge in [-0.1, -0.05) is 12.1 Å². The Balaban J connectivity index is 2.15. The summed E-state index contributed by atoms with van der Waals surface area (Å²) in [5, 5.41) is 8.82.